The van der Waals surface area contributed by atoms with E-state index in [-0.39, 0.29) is 90.0 Å². The van der Waals surface area contributed by atoms with Gasteiger partial charge in [-0.25, -0.2) is 14.1 Å². The molecular weight excluding hydrogens is 1280 g/mol. The predicted molar refractivity (Wildman–Crippen MR) is 356 cm³/mol. The molecule has 5 aromatic rings. The first kappa shape index (κ1) is 74.7. The lowest BCUT2D eigenvalue weighted by atomic mass is 9.85. The van der Waals surface area contributed by atoms with Crippen LogP contribution in [0.25, 0.3) is 21.6 Å². The Labute approximate surface area is 557 Å². The second-order valence-electron chi connectivity index (χ2n) is 23.7. The molecule has 3 unspecified atom stereocenters. The van der Waals surface area contributed by atoms with Crippen molar-refractivity contribution < 1.29 is 85.2 Å². The second-order valence-corrected chi connectivity index (χ2v) is 27.6. The maximum Gasteiger partial charge on any atom is 0.481 e. The van der Waals surface area contributed by atoms with Crippen molar-refractivity contribution in [1.82, 2.24) is 35.6 Å². The van der Waals surface area contributed by atoms with Crippen LogP contribution in [0.1, 0.15) is 107 Å². The maximum absolute atomic E-state index is 14.7. The van der Waals surface area contributed by atoms with E-state index in [2.05, 4.69) is 44.3 Å². The third-order valence-corrected chi connectivity index (χ3v) is 19.3. The van der Waals surface area contributed by atoms with Gasteiger partial charge in [0.05, 0.1) is 68.2 Å². The number of allylic oxidation sites excluding steroid dienone is 1. The van der Waals surface area contributed by atoms with E-state index in [9.17, 15) is 57.6 Å². The largest absolute Gasteiger partial charge is 0.508 e. The fourth-order valence-corrected chi connectivity index (χ4v) is 13.6. The fraction of sp³-hybridized carbons (Fsp3) is 0.433. The number of phenols is 1. The van der Waals surface area contributed by atoms with Gasteiger partial charge in [-0.05, 0) is 94.8 Å². The van der Waals surface area contributed by atoms with Gasteiger partial charge < -0.3 is 54.9 Å². The van der Waals surface area contributed by atoms with Crippen molar-refractivity contribution in [3.8, 4) is 21.9 Å². The van der Waals surface area contributed by atoms with Crippen molar-refractivity contribution >= 4 is 79.5 Å². The van der Waals surface area contributed by atoms with Crippen LogP contribution < -0.4 is 20.7 Å². The molecular formula is C67H85N7O18P2S. The van der Waals surface area contributed by atoms with E-state index in [1.807, 2.05) is 85.8 Å². The third kappa shape index (κ3) is 23.3. The standard InChI is InChI=1S/C67H85N7O18P2S/c1-7-55(48-14-10-8-11-15-48)62(49-21-25-52(75)26-22-49)50-23-27-53(28-24-50)89-39-35-72(6)59(78)32-37-88-41-40-87-36-31-58(77)71-64(67(3,4)5)66(82)74-44-54(42-56(74)65(81)69-43-47-17-19-51(20-18-47)63-46(2)70-45-95-63)91-94(85,86)92-93(83,84)90-38-33-68-57(76)16-12-9-13-34-73-60(79)29-30-61(73)80/h8,10-11,14-15,17-30,45,54,56,64,75H,7,9,12-13,16,31-44H2,1-6H3,(H,68,76)(H,69,81)(H,71,77)(H,83,84)(H,85,86)/b62-55-/t54-,56+,64?/m1/s1. The zero-order valence-electron chi connectivity index (χ0n) is 54.3. The quantitative estimate of drug-likeness (QED) is 0.00939. The molecule has 0 aliphatic carbocycles. The van der Waals surface area contributed by atoms with Gasteiger partial charge in [0.2, 0.25) is 29.5 Å². The average molecular weight is 1370 g/mol. The molecule has 0 bridgehead atoms. The Morgan fingerprint density at radius 1 is 0.758 bits per heavy atom. The van der Waals surface area contributed by atoms with E-state index in [1.54, 1.807) is 50.4 Å². The minimum atomic E-state index is -5.49. The highest BCUT2D eigenvalue weighted by molar-refractivity contribution is 7.61. The minimum Gasteiger partial charge on any atom is -0.508 e. The van der Waals surface area contributed by atoms with Crippen molar-refractivity contribution in [3.05, 3.63) is 149 Å². The van der Waals surface area contributed by atoms with Crippen LogP contribution in [0, 0.1) is 12.3 Å². The van der Waals surface area contributed by atoms with Crippen molar-refractivity contribution in [2.45, 2.75) is 111 Å². The van der Waals surface area contributed by atoms with Crippen LogP contribution in [0.5, 0.6) is 11.5 Å². The van der Waals surface area contributed by atoms with E-state index in [0.29, 0.717) is 37.1 Å². The SMILES string of the molecule is CC/C(=C(\c1ccc(O)cc1)c1ccc(OCCN(C)C(=O)CCOCCOCCC(=O)NC(C(=O)N2C[C@H](OP(=O)(O)OP(=O)(O)OCCNC(=O)CCCCCN3C(=O)C=CC3=O)C[C@H]2C(=O)NCc2ccc(-c3scnc3C)cc2)C(C)(C)C)cc1)c1ccccc1. The van der Waals surface area contributed by atoms with Crippen molar-refractivity contribution in [3.63, 3.8) is 0 Å². The number of imide groups is 1. The summed E-state index contributed by atoms with van der Waals surface area (Å²) in [5.74, 6) is -2.50. The van der Waals surface area contributed by atoms with Gasteiger partial charge in [-0.15, -0.1) is 11.3 Å². The number of hydrogen-bond donors (Lipinski definition) is 6. The summed E-state index contributed by atoms with van der Waals surface area (Å²) in [6.07, 6.45) is 2.80. The topological polar surface area (TPSA) is 328 Å². The number of unbranched alkanes of at least 4 members (excludes halogenated alkanes) is 2. The number of hydrogen-bond acceptors (Lipinski definition) is 18. The number of phosphoric acid groups is 2. The Bertz CT molecular complexity index is 3570. The normalized spacial score (nSPS) is 16.6. The number of rotatable bonds is 37. The van der Waals surface area contributed by atoms with E-state index in [4.69, 9.17) is 23.3 Å². The van der Waals surface area contributed by atoms with E-state index < -0.39 is 87.8 Å². The summed E-state index contributed by atoms with van der Waals surface area (Å²) in [6.45, 7) is 8.84. The molecule has 2 aliphatic rings. The summed E-state index contributed by atoms with van der Waals surface area (Å²) in [5.41, 5.74) is 8.58. The summed E-state index contributed by atoms with van der Waals surface area (Å²) in [7, 11) is -9.13. The first-order valence-corrected chi connectivity index (χ1v) is 35.3. The molecule has 95 heavy (non-hydrogen) atoms. The number of nitrogens with zero attached hydrogens (tertiary/aromatic N) is 4. The van der Waals surface area contributed by atoms with Gasteiger partial charge in [-0.2, -0.15) is 4.31 Å². The van der Waals surface area contributed by atoms with Crippen LogP contribution in [0.3, 0.4) is 0 Å². The summed E-state index contributed by atoms with van der Waals surface area (Å²) >= 11 is 1.49. The van der Waals surface area contributed by atoms with Crippen molar-refractivity contribution in [2.24, 2.45) is 5.41 Å². The molecule has 0 spiro atoms. The number of phosphoric ester groups is 2. The molecule has 1 aromatic heterocycles. The number of carbonyl (C=O) groups is 7. The molecule has 1 fully saturated rings. The molecule has 4 aromatic carbocycles. The van der Waals surface area contributed by atoms with E-state index in [0.717, 1.165) is 60.2 Å². The number of likely N-dealkylation sites (N-methyl/N-ethyl adjacent to an activating group) is 1. The number of amides is 7. The zero-order valence-corrected chi connectivity index (χ0v) is 56.9. The summed E-state index contributed by atoms with van der Waals surface area (Å²) in [5, 5.41) is 18.1. The van der Waals surface area contributed by atoms with Gasteiger partial charge in [-0.1, -0.05) is 113 Å². The van der Waals surface area contributed by atoms with Gasteiger partial charge in [-0.3, -0.25) is 47.5 Å². The number of thiazole rings is 1. The smallest absolute Gasteiger partial charge is 0.481 e. The first-order valence-electron chi connectivity index (χ1n) is 31.4. The third-order valence-electron chi connectivity index (χ3n) is 15.6. The number of benzene rings is 4. The zero-order chi connectivity index (χ0) is 68.7. The predicted octanol–water partition coefficient (Wildman–Crippen LogP) is 8.51. The lowest BCUT2D eigenvalue weighted by Gasteiger charge is -2.35. The second kappa shape index (κ2) is 35.8. The van der Waals surface area contributed by atoms with Crippen LogP contribution in [0.15, 0.2) is 121 Å². The monoisotopic (exact) mass is 1370 g/mol. The molecule has 28 heteroatoms. The molecule has 3 heterocycles. The summed E-state index contributed by atoms with van der Waals surface area (Å²) in [6, 6.07) is 30.0. The first-order chi connectivity index (χ1) is 45.3. The van der Waals surface area contributed by atoms with Gasteiger partial charge in [0.1, 0.15) is 30.2 Å². The molecule has 25 nitrogen and oxygen atoms in total. The summed E-state index contributed by atoms with van der Waals surface area (Å²) in [4.78, 5) is 121. The lowest BCUT2D eigenvalue weighted by molar-refractivity contribution is -0.144. The van der Waals surface area contributed by atoms with Crippen molar-refractivity contribution in [2.75, 3.05) is 72.9 Å². The van der Waals surface area contributed by atoms with Gasteiger partial charge in [0, 0.05) is 64.6 Å². The van der Waals surface area contributed by atoms with Crippen LogP contribution >= 0.6 is 27.0 Å². The number of nitrogens with one attached hydrogen (secondary N) is 3. The van der Waals surface area contributed by atoms with Crippen LogP contribution in [-0.4, -0.2) is 167 Å². The maximum atomic E-state index is 14.7. The number of phenolic OH excluding ortho intramolecular Hbond substituents is 1. The number of aromatic hydroxyl groups is 1. The number of carbonyl (C=O) groups excluding carboxylic acids is 7. The van der Waals surface area contributed by atoms with E-state index >= 15 is 0 Å². The number of ether oxygens (including phenoxy) is 3. The Morgan fingerprint density at radius 2 is 1.41 bits per heavy atom. The molecule has 7 rings (SSSR count). The Balaban J connectivity index is 0.843. The van der Waals surface area contributed by atoms with Crippen LogP contribution in [0.4, 0.5) is 0 Å². The number of aromatic nitrogens is 1. The molecule has 6 N–H and O–H groups in total. The molecule has 2 aliphatic heterocycles. The highest BCUT2D eigenvalue weighted by Crippen LogP contribution is 2.61. The Morgan fingerprint density at radius 3 is 2.04 bits per heavy atom. The molecule has 512 valence electrons. The number of likely N-dealkylation sites (tertiary alicyclic amines) is 1. The lowest BCUT2D eigenvalue weighted by Crippen LogP contribution is -2.57. The van der Waals surface area contributed by atoms with Gasteiger partial charge >= 0.3 is 15.6 Å². The highest BCUT2D eigenvalue weighted by Gasteiger charge is 2.48. The number of aryl methyl sites for hydroxylation is 1. The molecule has 0 radical (unpaired) electrons. The molecule has 7 amide bonds. The molecule has 5 atom stereocenters. The van der Waals surface area contributed by atoms with Gasteiger partial charge in [0.25, 0.3) is 11.8 Å². The Hall–Kier alpha value is -7.74. The highest BCUT2D eigenvalue weighted by atomic mass is 32.1. The Kier molecular flexibility index (Phi) is 28.2. The minimum absolute atomic E-state index is 0.0239. The fourth-order valence-electron chi connectivity index (χ4n) is 10.5. The van der Waals surface area contributed by atoms with Crippen LogP contribution in [0.2, 0.25) is 0 Å². The van der Waals surface area contributed by atoms with Crippen LogP contribution in [-0.2, 0) is 72.1 Å². The van der Waals surface area contributed by atoms with Gasteiger partial charge in [0.15, 0.2) is 0 Å². The molecule has 1 saturated heterocycles. The van der Waals surface area contributed by atoms with E-state index in [1.165, 1.54) is 23.5 Å². The van der Waals surface area contributed by atoms with Crippen molar-refractivity contribution in [1.29, 1.82) is 0 Å². The average Bonchev–Trinajstić information content (AvgIpc) is 1.78. The molecule has 0 saturated carbocycles. The summed E-state index contributed by atoms with van der Waals surface area (Å²) < 4.78 is 58.3.